The van der Waals surface area contributed by atoms with E-state index in [2.05, 4.69) is 15.9 Å². The van der Waals surface area contributed by atoms with Gasteiger partial charge < -0.3 is 4.74 Å². The Labute approximate surface area is 166 Å². The van der Waals surface area contributed by atoms with Gasteiger partial charge in [-0.15, -0.1) is 0 Å². The molecule has 0 aromatic heterocycles. The molecule has 0 atom stereocenters. The van der Waals surface area contributed by atoms with Crippen LogP contribution in [0.4, 0.5) is 4.39 Å². The van der Waals surface area contributed by atoms with Crippen molar-refractivity contribution in [2.45, 2.75) is 24.7 Å². The number of hydrogen-bond donors (Lipinski definition) is 0. The molecular weight excluding hydrogens is 437 g/mol. The summed E-state index contributed by atoms with van der Waals surface area (Å²) in [5, 5.41) is 0. The minimum absolute atomic E-state index is 0.127. The lowest BCUT2D eigenvalue weighted by molar-refractivity contribution is -0.140. The van der Waals surface area contributed by atoms with Gasteiger partial charge in [0.2, 0.25) is 10.0 Å². The molecule has 1 saturated heterocycles. The number of esters is 1. The van der Waals surface area contributed by atoms with Crippen LogP contribution >= 0.6 is 15.9 Å². The number of rotatable bonds is 4. The van der Waals surface area contributed by atoms with Gasteiger partial charge in [-0.25, -0.2) is 12.8 Å². The zero-order valence-electron chi connectivity index (χ0n) is 14.7. The van der Waals surface area contributed by atoms with E-state index in [9.17, 15) is 17.6 Å². The lowest BCUT2D eigenvalue weighted by Crippen LogP contribution is -2.41. The predicted molar refractivity (Wildman–Crippen MR) is 102 cm³/mol. The van der Waals surface area contributed by atoms with Gasteiger partial charge in [-0.05, 0) is 50.1 Å². The summed E-state index contributed by atoms with van der Waals surface area (Å²) < 4.78 is 46.3. The van der Waals surface area contributed by atoms with E-state index in [1.807, 2.05) is 6.92 Å². The van der Waals surface area contributed by atoms with Crippen LogP contribution in [0.2, 0.25) is 0 Å². The number of ether oxygens (including phenoxy) is 1. The fraction of sp³-hybridized carbons (Fsp3) is 0.316. The molecule has 1 heterocycles. The van der Waals surface area contributed by atoms with Crippen LogP contribution in [0.5, 0.6) is 5.75 Å². The van der Waals surface area contributed by atoms with Gasteiger partial charge in [0.1, 0.15) is 0 Å². The van der Waals surface area contributed by atoms with E-state index in [0.29, 0.717) is 17.3 Å². The number of halogens is 2. The topological polar surface area (TPSA) is 63.7 Å². The third-order valence-electron chi connectivity index (χ3n) is 4.55. The average molecular weight is 456 g/mol. The molecule has 27 heavy (non-hydrogen) atoms. The first kappa shape index (κ1) is 20.0. The van der Waals surface area contributed by atoms with Crippen molar-refractivity contribution in [3.8, 4) is 5.75 Å². The zero-order valence-corrected chi connectivity index (χ0v) is 17.1. The second-order valence-electron chi connectivity index (χ2n) is 6.49. The molecule has 0 saturated carbocycles. The molecule has 0 spiro atoms. The van der Waals surface area contributed by atoms with Gasteiger partial charge in [-0.2, -0.15) is 4.31 Å². The molecule has 1 fully saturated rings. The number of sulfonamides is 1. The molecular formula is C19H19BrFNO4S. The Hall–Kier alpha value is -1.77. The molecule has 0 radical (unpaired) electrons. The Balaban J connectivity index is 1.62. The first-order valence-electron chi connectivity index (χ1n) is 8.51. The monoisotopic (exact) mass is 455 g/mol. The molecule has 3 rings (SSSR count). The smallest absolute Gasteiger partial charge is 0.314 e. The second-order valence-corrected chi connectivity index (χ2v) is 9.34. The third-order valence-corrected chi connectivity index (χ3v) is 6.96. The van der Waals surface area contributed by atoms with E-state index in [0.717, 1.165) is 5.56 Å². The van der Waals surface area contributed by atoms with Gasteiger partial charge in [-0.1, -0.05) is 33.6 Å². The van der Waals surface area contributed by atoms with Gasteiger partial charge in [-0.3, -0.25) is 4.79 Å². The fourth-order valence-corrected chi connectivity index (χ4v) is 4.74. The lowest BCUT2D eigenvalue weighted by atomic mass is 9.98. The summed E-state index contributed by atoms with van der Waals surface area (Å²) in [7, 11) is -3.58. The summed E-state index contributed by atoms with van der Waals surface area (Å²) in [6.45, 7) is 2.33. The highest BCUT2D eigenvalue weighted by molar-refractivity contribution is 9.10. The normalized spacial score (nSPS) is 16.3. The van der Waals surface area contributed by atoms with Crippen molar-refractivity contribution in [2.24, 2.45) is 5.92 Å². The van der Waals surface area contributed by atoms with Gasteiger partial charge >= 0.3 is 5.97 Å². The molecule has 5 nitrogen and oxygen atoms in total. The van der Waals surface area contributed by atoms with Crippen molar-refractivity contribution in [3.63, 3.8) is 0 Å². The van der Waals surface area contributed by atoms with Gasteiger partial charge in [0.15, 0.2) is 11.6 Å². The van der Waals surface area contributed by atoms with E-state index < -0.39 is 27.7 Å². The molecule has 0 N–H and O–H groups in total. The number of nitrogens with zero attached hydrogens (tertiary/aromatic N) is 1. The Bertz CT molecular complexity index is 939. The van der Waals surface area contributed by atoms with E-state index in [4.69, 9.17) is 4.74 Å². The Morgan fingerprint density at radius 3 is 2.37 bits per heavy atom. The van der Waals surface area contributed by atoms with Gasteiger partial charge in [0, 0.05) is 17.6 Å². The fourth-order valence-electron chi connectivity index (χ4n) is 2.94. The Morgan fingerprint density at radius 2 is 1.78 bits per heavy atom. The molecule has 0 amide bonds. The molecule has 2 aromatic rings. The van der Waals surface area contributed by atoms with Crippen molar-refractivity contribution in [2.75, 3.05) is 13.1 Å². The summed E-state index contributed by atoms with van der Waals surface area (Å²) in [5.74, 6) is -1.75. The van der Waals surface area contributed by atoms with Crippen molar-refractivity contribution in [1.82, 2.24) is 4.31 Å². The predicted octanol–water partition coefficient (Wildman–Crippen LogP) is 3.90. The molecule has 0 aliphatic carbocycles. The molecule has 0 bridgehead atoms. The van der Waals surface area contributed by atoms with Crippen LogP contribution in [0.1, 0.15) is 18.4 Å². The number of carbonyl (C=O) groups excluding carboxylic acids is 1. The van der Waals surface area contributed by atoms with Gasteiger partial charge in [0.05, 0.1) is 10.8 Å². The largest absolute Gasteiger partial charge is 0.423 e. The van der Waals surface area contributed by atoms with E-state index >= 15 is 0 Å². The molecule has 1 aliphatic rings. The number of aryl methyl sites for hydroxylation is 1. The van der Waals surface area contributed by atoms with Crippen LogP contribution in [0.15, 0.2) is 51.8 Å². The standard InChI is InChI=1S/C19H19BrFNO4S/c1-13-2-5-16(6-3-13)27(24,25)22-10-8-14(9-11-22)19(23)26-18-7-4-15(20)12-17(18)21/h2-7,12,14H,8-11H2,1H3. The SMILES string of the molecule is Cc1ccc(S(=O)(=O)N2CCC(C(=O)Oc3ccc(Br)cc3F)CC2)cc1. The van der Waals surface area contributed by atoms with E-state index in [1.54, 1.807) is 30.3 Å². The second kappa shape index (κ2) is 8.08. The zero-order chi connectivity index (χ0) is 19.6. The third kappa shape index (κ3) is 4.56. The molecule has 0 unspecified atom stereocenters. The highest BCUT2D eigenvalue weighted by Crippen LogP contribution is 2.27. The molecule has 144 valence electrons. The Morgan fingerprint density at radius 1 is 1.15 bits per heavy atom. The van der Waals surface area contributed by atoms with Gasteiger partial charge in [0.25, 0.3) is 0 Å². The van der Waals surface area contributed by atoms with Crippen LogP contribution in [-0.4, -0.2) is 31.8 Å². The number of carbonyl (C=O) groups is 1. The first-order valence-corrected chi connectivity index (χ1v) is 10.7. The lowest BCUT2D eigenvalue weighted by Gasteiger charge is -2.30. The van der Waals surface area contributed by atoms with E-state index in [1.165, 1.54) is 16.4 Å². The molecule has 2 aromatic carbocycles. The van der Waals surface area contributed by atoms with Crippen molar-refractivity contribution >= 4 is 31.9 Å². The summed E-state index contributed by atoms with van der Waals surface area (Å²) in [6, 6.07) is 10.9. The number of hydrogen-bond acceptors (Lipinski definition) is 4. The summed E-state index contributed by atoms with van der Waals surface area (Å²) in [4.78, 5) is 12.5. The molecule has 8 heteroatoms. The summed E-state index contributed by atoms with van der Waals surface area (Å²) >= 11 is 3.14. The Kier molecular flexibility index (Phi) is 5.98. The highest BCUT2D eigenvalue weighted by atomic mass is 79.9. The maximum atomic E-state index is 13.8. The van der Waals surface area contributed by atoms with Crippen molar-refractivity contribution < 1.29 is 22.3 Å². The summed E-state index contributed by atoms with van der Waals surface area (Å²) in [5.41, 5.74) is 0.982. The van der Waals surface area contributed by atoms with Crippen LogP contribution in [0, 0.1) is 18.7 Å². The minimum Gasteiger partial charge on any atom is -0.423 e. The van der Waals surface area contributed by atoms with E-state index in [-0.39, 0.29) is 23.7 Å². The maximum absolute atomic E-state index is 13.8. The highest BCUT2D eigenvalue weighted by Gasteiger charge is 2.33. The molecule has 1 aliphatic heterocycles. The van der Waals surface area contributed by atoms with Crippen LogP contribution in [0.3, 0.4) is 0 Å². The maximum Gasteiger partial charge on any atom is 0.314 e. The van der Waals surface area contributed by atoms with Crippen molar-refractivity contribution in [1.29, 1.82) is 0 Å². The number of benzene rings is 2. The van der Waals surface area contributed by atoms with Crippen LogP contribution < -0.4 is 4.74 Å². The number of piperidine rings is 1. The van der Waals surface area contributed by atoms with Crippen LogP contribution in [-0.2, 0) is 14.8 Å². The average Bonchev–Trinajstić information content (AvgIpc) is 2.64. The van der Waals surface area contributed by atoms with Crippen molar-refractivity contribution in [3.05, 3.63) is 58.3 Å². The first-order chi connectivity index (χ1) is 12.8. The quantitative estimate of drug-likeness (QED) is 0.517. The summed E-state index contributed by atoms with van der Waals surface area (Å²) in [6.07, 6.45) is 0.671. The van der Waals surface area contributed by atoms with Crippen LogP contribution in [0.25, 0.3) is 0 Å². The minimum atomic E-state index is -3.58.